The third kappa shape index (κ3) is 4.02. The van der Waals surface area contributed by atoms with Crippen molar-refractivity contribution in [2.45, 2.75) is 58.0 Å². The van der Waals surface area contributed by atoms with E-state index >= 15 is 0 Å². The van der Waals surface area contributed by atoms with Gasteiger partial charge >= 0.3 is 0 Å². The number of amidine groups is 1. The van der Waals surface area contributed by atoms with Gasteiger partial charge in [0, 0.05) is 16.6 Å². The summed E-state index contributed by atoms with van der Waals surface area (Å²) < 4.78 is 0. The lowest BCUT2D eigenvalue weighted by Crippen LogP contribution is -2.60. The van der Waals surface area contributed by atoms with Gasteiger partial charge in [0.25, 0.3) is 5.91 Å². The second-order valence-corrected chi connectivity index (χ2v) is 7.79. The Hall–Kier alpha value is -2.88. The Morgan fingerprint density at radius 2 is 1.77 bits per heavy atom. The molecule has 138 valence electrons. The molecule has 1 amide bonds. The van der Waals surface area contributed by atoms with Crippen molar-refractivity contribution < 1.29 is 4.79 Å². The molecule has 0 bridgehead atoms. The van der Waals surface area contributed by atoms with Crippen molar-refractivity contribution in [2.24, 2.45) is 10.8 Å². The summed E-state index contributed by atoms with van der Waals surface area (Å²) >= 11 is 0. The fourth-order valence-electron chi connectivity index (χ4n) is 3.63. The highest BCUT2D eigenvalue weighted by Gasteiger charge is 2.44. The van der Waals surface area contributed by atoms with Crippen LogP contribution in [0.1, 0.15) is 57.3 Å². The van der Waals surface area contributed by atoms with E-state index in [1.165, 1.54) is 0 Å². The summed E-state index contributed by atoms with van der Waals surface area (Å²) in [6, 6.07) is 8.65. The molecule has 1 aromatic carbocycles. The van der Waals surface area contributed by atoms with Crippen LogP contribution in [0.25, 0.3) is 0 Å². The zero-order valence-electron chi connectivity index (χ0n) is 15.8. The largest absolute Gasteiger partial charge is 0.382 e. The molecule has 2 rings (SSSR count). The second-order valence-electron chi connectivity index (χ2n) is 7.79. The fraction of sp³-hybridized carbons (Fsp3) is 0.474. The molecular weight excluding hydrogens is 328 g/mol. The van der Waals surface area contributed by atoms with Gasteiger partial charge in [-0.15, -0.1) is 0 Å². The van der Waals surface area contributed by atoms with Gasteiger partial charge in [-0.05, 0) is 71.2 Å². The summed E-state index contributed by atoms with van der Waals surface area (Å²) in [7, 11) is 0. The molecule has 0 aromatic heterocycles. The molecule has 0 saturated carbocycles. The molecule has 0 radical (unpaired) electrons. The van der Waals surface area contributed by atoms with Crippen molar-refractivity contribution in [3.63, 3.8) is 0 Å². The second kappa shape index (κ2) is 7.16. The number of piperidine rings is 1. The van der Waals surface area contributed by atoms with Crippen LogP contribution in [0, 0.1) is 16.7 Å². The highest BCUT2D eigenvalue weighted by atomic mass is 16.2. The van der Waals surface area contributed by atoms with Crippen LogP contribution in [0.5, 0.6) is 0 Å². The number of likely N-dealkylation sites (tertiary alicyclic amines) is 1. The van der Waals surface area contributed by atoms with Gasteiger partial charge in [0.15, 0.2) is 5.84 Å². The van der Waals surface area contributed by atoms with Crippen molar-refractivity contribution in [3.05, 3.63) is 29.8 Å². The number of hydrogen-bond donors (Lipinski definition) is 3. The molecule has 26 heavy (non-hydrogen) atoms. The maximum absolute atomic E-state index is 13.1. The normalized spacial score (nSPS) is 18.7. The van der Waals surface area contributed by atoms with Crippen LogP contribution >= 0.6 is 0 Å². The van der Waals surface area contributed by atoms with E-state index in [-0.39, 0.29) is 22.7 Å². The summed E-state index contributed by atoms with van der Waals surface area (Å²) in [6.07, 6.45) is 3.08. The topological polar surface area (TPSA) is 118 Å². The summed E-state index contributed by atoms with van der Waals surface area (Å²) in [4.78, 5) is 15.1. The number of nitrogens with zero attached hydrogens (tertiary/aromatic N) is 3. The van der Waals surface area contributed by atoms with E-state index in [0.717, 1.165) is 19.3 Å². The van der Waals surface area contributed by atoms with Crippen LogP contribution in [-0.2, 0) is 0 Å². The highest BCUT2D eigenvalue weighted by molar-refractivity contribution is 6.45. The quantitative estimate of drug-likeness (QED) is 0.437. The van der Waals surface area contributed by atoms with Crippen LogP contribution in [0.2, 0.25) is 0 Å². The van der Waals surface area contributed by atoms with Crippen molar-refractivity contribution in [1.82, 2.24) is 4.90 Å². The molecule has 0 atom stereocenters. The van der Waals surface area contributed by atoms with Gasteiger partial charge in [0.2, 0.25) is 5.71 Å². The van der Waals surface area contributed by atoms with E-state index < -0.39 is 5.84 Å². The molecular formula is C19H26N6O. The number of nitrogens with two attached hydrogens (primary N) is 1. The van der Waals surface area contributed by atoms with E-state index in [9.17, 15) is 4.79 Å². The molecule has 1 aliphatic rings. The minimum absolute atomic E-state index is 0.0104. The molecule has 7 heteroatoms. The molecule has 4 N–H and O–H groups in total. The van der Waals surface area contributed by atoms with Crippen molar-refractivity contribution in [2.75, 3.05) is 5.43 Å². The van der Waals surface area contributed by atoms with Crippen LogP contribution in [0.3, 0.4) is 0 Å². The molecule has 0 spiro atoms. The van der Waals surface area contributed by atoms with Crippen molar-refractivity contribution >= 4 is 23.1 Å². The number of benzene rings is 1. The monoisotopic (exact) mass is 354 g/mol. The number of anilines is 1. The van der Waals surface area contributed by atoms with Gasteiger partial charge in [-0.2, -0.15) is 10.4 Å². The molecule has 1 aromatic rings. The third-order valence-corrected chi connectivity index (χ3v) is 4.78. The van der Waals surface area contributed by atoms with E-state index in [1.807, 2.05) is 4.90 Å². The summed E-state index contributed by atoms with van der Waals surface area (Å²) in [5, 5.41) is 19.9. The standard InChI is InChI=1S/C19H26N6O/c1-18(2)10-5-11-19(3,4)25(18)17(26)13-6-8-14(9-7-13)23-24-15(12-20)16(21)22/h6-9,23H,5,10-11H2,1-4H3,(H3,21,22)/b24-15+. The number of nitriles is 1. The lowest BCUT2D eigenvalue weighted by atomic mass is 9.79. The van der Waals surface area contributed by atoms with Crippen molar-refractivity contribution in [1.29, 1.82) is 10.7 Å². The van der Waals surface area contributed by atoms with Gasteiger partial charge in [-0.3, -0.25) is 15.6 Å². The Balaban J connectivity index is 2.21. The Morgan fingerprint density at radius 1 is 1.23 bits per heavy atom. The van der Waals surface area contributed by atoms with Crippen LogP contribution in [-0.4, -0.2) is 33.4 Å². The third-order valence-electron chi connectivity index (χ3n) is 4.78. The molecule has 7 nitrogen and oxygen atoms in total. The average molecular weight is 354 g/mol. The maximum atomic E-state index is 13.1. The molecule has 1 fully saturated rings. The van der Waals surface area contributed by atoms with E-state index in [2.05, 4.69) is 38.2 Å². The van der Waals surface area contributed by atoms with Gasteiger partial charge in [0.05, 0.1) is 5.69 Å². The Labute approximate surface area is 154 Å². The molecule has 0 aliphatic carbocycles. The van der Waals surface area contributed by atoms with E-state index in [4.69, 9.17) is 16.4 Å². The zero-order chi connectivity index (χ0) is 19.5. The first-order valence-electron chi connectivity index (χ1n) is 8.61. The maximum Gasteiger partial charge on any atom is 0.254 e. The lowest BCUT2D eigenvalue weighted by molar-refractivity contribution is -0.0111. The SMILES string of the molecule is CC1(C)CCCC(C)(C)N1C(=O)c1ccc(N/N=C(\C#N)C(=N)N)cc1. The fourth-order valence-corrected chi connectivity index (χ4v) is 3.63. The number of carbonyl (C=O) groups is 1. The van der Waals surface area contributed by atoms with Crippen LogP contribution in [0.15, 0.2) is 29.4 Å². The van der Waals surface area contributed by atoms with E-state index in [0.29, 0.717) is 11.3 Å². The Bertz CT molecular complexity index is 754. The molecule has 1 aliphatic heterocycles. The smallest absolute Gasteiger partial charge is 0.254 e. The first-order chi connectivity index (χ1) is 12.1. The number of amides is 1. The van der Waals surface area contributed by atoms with Gasteiger partial charge in [-0.25, -0.2) is 0 Å². The molecule has 0 unspecified atom stereocenters. The van der Waals surface area contributed by atoms with Gasteiger partial charge in [-0.1, -0.05) is 0 Å². The highest BCUT2D eigenvalue weighted by Crippen LogP contribution is 2.39. The predicted molar refractivity (Wildman–Crippen MR) is 103 cm³/mol. The van der Waals surface area contributed by atoms with E-state index in [1.54, 1.807) is 30.3 Å². The number of nitrogens with one attached hydrogen (secondary N) is 2. The minimum atomic E-state index is -0.402. The summed E-state index contributed by atoms with van der Waals surface area (Å²) in [6.45, 7) is 8.45. The van der Waals surface area contributed by atoms with Gasteiger partial charge < -0.3 is 10.6 Å². The number of hydrogen-bond acceptors (Lipinski definition) is 5. The molecule has 1 heterocycles. The lowest BCUT2D eigenvalue weighted by Gasteiger charge is -2.53. The number of hydrazone groups is 1. The summed E-state index contributed by atoms with van der Waals surface area (Å²) in [5.41, 5.74) is 8.56. The Morgan fingerprint density at radius 3 is 2.23 bits per heavy atom. The first-order valence-corrected chi connectivity index (χ1v) is 8.61. The zero-order valence-corrected chi connectivity index (χ0v) is 15.8. The predicted octanol–water partition coefficient (Wildman–Crippen LogP) is 3.10. The first kappa shape index (κ1) is 19.4. The minimum Gasteiger partial charge on any atom is -0.382 e. The summed E-state index contributed by atoms with van der Waals surface area (Å²) in [5.74, 6) is -0.391. The van der Waals surface area contributed by atoms with Crippen LogP contribution in [0.4, 0.5) is 5.69 Å². The average Bonchev–Trinajstić information content (AvgIpc) is 2.53. The van der Waals surface area contributed by atoms with Gasteiger partial charge in [0.1, 0.15) is 6.07 Å². The Kier molecular flexibility index (Phi) is 5.36. The van der Waals surface area contributed by atoms with Crippen LogP contribution < -0.4 is 11.2 Å². The van der Waals surface area contributed by atoms with Crippen molar-refractivity contribution in [3.8, 4) is 6.07 Å². The number of rotatable bonds is 4. The number of carbonyl (C=O) groups excluding carboxylic acids is 1. The molecule has 1 saturated heterocycles.